The van der Waals surface area contributed by atoms with Crippen molar-refractivity contribution in [2.45, 2.75) is 18.9 Å². The van der Waals surface area contributed by atoms with Crippen molar-refractivity contribution in [2.24, 2.45) is 5.92 Å². The molecule has 2 amide bonds. The number of esters is 1. The summed E-state index contributed by atoms with van der Waals surface area (Å²) >= 11 is 3.82. The predicted molar refractivity (Wildman–Crippen MR) is 130 cm³/mol. The molecule has 1 aliphatic rings. The number of benzene rings is 1. The van der Waals surface area contributed by atoms with Gasteiger partial charge in [-0.15, -0.1) is 12.6 Å². The lowest BCUT2D eigenvalue weighted by Gasteiger charge is -2.23. The quantitative estimate of drug-likeness (QED) is 0.319. The maximum absolute atomic E-state index is 13.2. The molecular weight excluding hydrogens is 458 g/mol. The normalized spacial score (nSPS) is 17.1. The van der Waals surface area contributed by atoms with Gasteiger partial charge in [0.05, 0.1) is 11.1 Å². The summed E-state index contributed by atoms with van der Waals surface area (Å²) in [5, 5.41) is 3.07. The molecule has 2 aromatic rings. The number of thiol groups is 1. The monoisotopic (exact) mass is 483 g/mol. The standard InChI is InChI=1S/C24H25N3O6S/c1-3-8-32-23(30)18-13-17(12-16-6-5-7-25-21(16)18)26-22(29)19-10-15(11-20(28)34)14-27(19)24(31)33-9-4-2/h3-7,12-13,15,19H,1-2,8-11,14H2,(H,26,29)(H,28,34)/t15-,19-/m0/s1. The fourth-order valence-electron chi connectivity index (χ4n) is 3.84. The topological polar surface area (TPSA) is 115 Å². The number of amides is 2. The van der Waals surface area contributed by atoms with Gasteiger partial charge >= 0.3 is 12.1 Å². The van der Waals surface area contributed by atoms with Gasteiger partial charge in [0.1, 0.15) is 19.3 Å². The molecular formula is C24H25N3O6S. The number of anilines is 1. The van der Waals surface area contributed by atoms with E-state index in [1.165, 1.54) is 23.1 Å². The number of carbonyl (C=O) groups excluding carboxylic acids is 4. The molecule has 0 unspecified atom stereocenters. The zero-order valence-corrected chi connectivity index (χ0v) is 19.3. The number of pyridine rings is 1. The SMILES string of the molecule is C=CCOC(=O)c1cc(NC(=O)[C@@H]2C[C@@H](CC(=O)S)CN2C(=O)OCC=C)cc2cccnc12. The second kappa shape index (κ2) is 11.5. The summed E-state index contributed by atoms with van der Waals surface area (Å²) in [4.78, 5) is 55.3. The van der Waals surface area contributed by atoms with Gasteiger partial charge in [-0.1, -0.05) is 31.4 Å². The van der Waals surface area contributed by atoms with Crippen LogP contribution >= 0.6 is 12.6 Å². The zero-order chi connectivity index (χ0) is 24.7. The first-order chi connectivity index (χ1) is 16.3. The van der Waals surface area contributed by atoms with E-state index in [4.69, 9.17) is 9.47 Å². The summed E-state index contributed by atoms with van der Waals surface area (Å²) in [6, 6.07) is 5.75. The fourth-order valence-corrected chi connectivity index (χ4v) is 4.10. The fraction of sp³-hybridized carbons (Fsp3) is 0.292. The Balaban J connectivity index is 1.87. The number of likely N-dealkylation sites (tertiary alicyclic amines) is 1. The Labute approximate surface area is 202 Å². The van der Waals surface area contributed by atoms with Gasteiger partial charge in [-0.3, -0.25) is 19.5 Å². The van der Waals surface area contributed by atoms with E-state index in [0.717, 1.165) is 0 Å². The number of hydrogen-bond donors (Lipinski definition) is 2. The summed E-state index contributed by atoms with van der Waals surface area (Å²) in [5.74, 6) is -1.32. The van der Waals surface area contributed by atoms with E-state index >= 15 is 0 Å². The molecule has 1 N–H and O–H groups in total. The van der Waals surface area contributed by atoms with Gasteiger partial charge in [-0.2, -0.15) is 0 Å². The van der Waals surface area contributed by atoms with E-state index in [0.29, 0.717) is 16.6 Å². The minimum absolute atomic E-state index is 0.00626. The third kappa shape index (κ3) is 6.02. The molecule has 2 atom stereocenters. The molecule has 0 aliphatic carbocycles. The van der Waals surface area contributed by atoms with Crippen LogP contribution in [0, 0.1) is 5.92 Å². The molecule has 1 aromatic heterocycles. The van der Waals surface area contributed by atoms with Crippen LogP contribution in [0.4, 0.5) is 10.5 Å². The molecule has 0 saturated carbocycles. The number of ether oxygens (including phenoxy) is 2. The van der Waals surface area contributed by atoms with Crippen LogP contribution in [-0.2, 0) is 19.1 Å². The van der Waals surface area contributed by atoms with Crippen molar-refractivity contribution in [1.29, 1.82) is 0 Å². The summed E-state index contributed by atoms with van der Waals surface area (Å²) in [7, 11) is 0. The van der Waals surface area contributed by atoms with Gasteiger partial charge in [0, 0.05) is 30.2 Å². The highest BCUT2D eigenvalue weighted by Gasteiger charge is 2.41. The lowest BCUT2D eigenvalue weighted by Crippen LogP contribution is -2.43. The van der Waals surface area contributed by atoms with Crippen LogP contribution in [0.1, 0.15) is 23.2 Å². The Kier molecular flexibility index (Phi) is 8.42. The lowest BCUT2D eigenvalue weighted by molar-refractivity contribution is -0.120. The maximum atomic E-state index is 13.2. The van der Waals surface area contributed by atoms with E-state index in [1.54, 1.807) is 24.4 Å². The molecule has 1 aromatic carbocycles. The molecule has 1 fully saturated rings. The third-order valence-corrected chi connectivity index (χ3v) is 5.42. The summed E-state index contributed by atoms with van der Waals surface area (Å²) in [5.41, 5.74) is 0.948. The zero-order valence-electron chi connectivity index (χ0n) is 18.4. The number of nitrogens with zero attached hydrogens (tertiary/aromatic N) is 2. The minimum Gasteiger partial charge on any atom is -0.458 e. The predicted octanol–water partition coefficient (Wildman–Crippen LogP) is 3.38. The Bertz CT molecular complexity index is 1130. The minimum atomic E-state index is -0.865. The van der Waals surface area contributed by atoms with Crippen molar-refractivity contribution < 1.29 is 28.7 Å². The number of hydrogen-bond acceptors (Lipinski definition) is 7. The molecule has 178 valence electrons. The molecule has 1 saturated heterocycles. The van der Waals surface area contributed by atoms with Crippen molar-refractivity contribution >= 4 is 52.3 Å². The van der Waals surface area contributed by atoms with Crippen molar-refractivity contribution in [2.75, 3.05) is 25.1 Å². The first-order valence-corrected chi connectivity index (χ1v) is 11.0. The van der Waals surface area contributed by atoms with E-state index < -0.39 is 24.0 Å². The van der Waals surface area contributed by atoms with E-state index in [2.05, 4.69) is 36.1 Å². The second-order valence-corrected chi connectivity index (χ2v) is 8.21. The van der Waals surface area contributed by atoms with Gasteiger partial charge in [-0.05, 0) is 30.5 Å². The molecule has 0 bridgehead atoms. The molecule has 3 rings (SSSR count). The highest BCUT2D eigenvalue weighted by molar-refractivity contribution is 7.96. The molecule has 1 aliphatic heterocycles. The molecule has 10 heteroatoms. The number of nitrogens with one attached hydrogen (secondary N) is 1. The van der Waals surface area contributed by atoms with Crippen LogP contribution < -0.4 is 5.32 Å². The number of carbonyl (C=O) groups is 4. The first-order valence-electron chi connectivity index (χ1n) is 10.6. The lowest BCUT2D eigenvalue weighted by atomic mass is 10.0. The molecule has 0 radical (unpaired) electrons. The van der Waals surface area contributed by atoms with Crippen LogP contribution in [0.2, 0.25) is 0 Å². The highest BCUT2D eigenvalue weighted by atomic mass is 32.1. The average molecular weight is 484 g/mol. The van der Waals surface area contributed by atoms with E-state index in [1.807, 2.05) is 0 Å². The summed E-state index contributed by atoms with van der Waals surface area (Å²) in [6.45, 7) is 7.24. The van der Waals surface area contributed by atoms with Crippen LogP contribution in [-0.4, -0.2) is 58.8 Å². The molecule has 9 nitrogen and oxygen atoms in total. The Hall–Kier alpha value is -3.66. The molecule has 2 heterocycles. The van der Waals surface area contributed by atoms with Crippen molar-refractivity contribution in [1.82, 2.24) is 9.88 Å². The summed E-state index contributed by atoms with van der Waals surface area (Å²) in [6.07, 6.45) is 4.15. The van der Waals surface area contributed by atoms with E-state index in [9.17, 15) is 19.2 Å². The van der Waals surface area contributed by atoms with Crippen molar-refractivity contribution in [3.05, 3.63) is 61.3 Å². The summed E-state index contributed by atoms with van der Waals surface area (Å²) < 4.78 is 10.3. The van der Waals surface area contributed by atoms with Crippen LogP contribution in [0.3, 0.4) is 0 Å². The number of fused-ring (bicyclic) bond motifs is 1. The average Bonchev–Trinajstić information content (AvgIpc) is 3.23. The third-order valence-electron chi connectivity index (χ3n) is 5.24. The Morgan fingerprint density at radius 2 is 1.91 bits per heavy atom. The Morgan fingerprint density at radius 3 is 2.62 bits per heavy atom. The number of aromatic nitrogens is 1. The molecule has 0 spiro atoms. The van der Waals surface area contributed by atoms with Crippen molar-refractivity contribution in [3.8, 4) is 0 Å². The first kappa shape index (κ1) is 25.0. The second-order valence-electron chi connectivity index (χ2n) is 7.71. The van der Waals surface area contributed by atoms with Gasteiger partial charge in [0.2, 0.25) is 5.91 Å². The van der Waals surface area contributed by atoms with E-state index in [-0.39, 0.29) is 49.2 Å². The van der Waals surface area contributed by atoms with Gasteiger partial charge in [-0.25, -0.2) is 9.59 Å². The van der Waals surface area contributed by atoms with Crippen LogP contribution in [0.5, 0.6) is 0 Å². The molecule has 34 heavy (non-hydrogen) atoms. The maximum Gasteiger partial charge on any atom is 0.410 e. The smallest absolute Gasteiger partial charge is 0.410 e. The Morgan fingerprint density at radius 1 is 1.18 bits per heavy atom. The highest BCUT2D eigenvalue weighted by Crippen LogP contribution is 2.29. The van der Waals surface area contributed by atoms with Gasteiger partial charge in [0.25, 0.3) is 0 Å². The number of rotatable bonds is 9. The van der Waals surface area contributed by atoms with Crippen LogP contribution in [0.15, 0.2) is 55.8 Å². The van der Waals surface area contributed by atoms with Crippen molar-refractivity contribution in [3.63, 3.8) is 0 Å². The van der Waals surface area contributed by atoms with Gasteiger partial charge in [0.15, 0.2) is 5.12 Å². The van der Waals surface area contributed by atoms with Gasteiger partial charge < -0.3 is 14.8 Å². The largest absolute Gasteiger partial charge is 0.458 e. The van der Waals surface area contributed by atoms with Crippen LogP contribution in [0.25, 0.3) is 10.9 Å².